The van der Waals surface area contributed by atoms with Crippen molar-refractivity contribution >= 4 is 68.1 Å². The van der Waals surface area contributed by atoms with Gasteiger partial charge in [-0.1, -0.05) is 11.3 Å². The van der Waals surface area contributed by atoms with Crippen molar-refractivity contribution in [3.8, 4) is 0 Å². The Morgan fingerprint density at radius 3 is 2.57 bits per heavy atom. The number of thiophene rings is 1. The van der Waals surface area contributed by atoms with E-state index in [0.29, 0.717) is 12.5 Å². The maximum Gasteiger partial charge on any atom is 0.261 e. The highest BCUT2D eigenvalue weighted by atomic mass is 35.5. The molecule has 1 aliphatic rings. The van der Waals surface area contributed by atoms with E-state index in [1.807, 2.05) is 32.0 Å². The average molecular weight is 397 g/mol. The summed E-state index contributed by atoms with van der Waals surface area (Å²) in [5.41, 5.74) is 5.57. The zero-order valence-electron chi connectivity index (χ0n) is 13.3. The fraction of sp³-hybridized carbons (Fsp3) is 0.571. The van der Waals surface area contributed by atoms with Crippen molar-refractivity contribution in [2.24, 2.45) is 11.7 Å². The number of nitrogens with two attached hydrogens (primary N) is 1. The van der Waals surface area contributed by atoms with E-state index in [1.54, 1.807) is 11.3 Å². The van der Waals surface area contributed by atoms with Crippen LogP contribution in [0, 0.1) is 5.92 Å². The molecule has 0 aliphatic heterocycles. The number of fused-ring (bicyclic) bond motifs is 1. The summed E-state index contributed by atoms with van der Waals surface area (Å²) in [5.74, 6) is 0.488. The Labute approximate surface area is 156 Å². The number of anilines is 1. The molecule has 9 heteroatoms. The fourth-order valence-electron chi connectivity index (χ4n) is 2.39. The first kappa shape index (κ1) is 20.4. The maximum atomic E-state index is 12.4. The third-order valence-corrected chi connectivity index (χ3v) is 6.31. The summed E-state index contributed by atoms with van der Waals surface area (Å²) >= 11 is 3.05. The van der Waals surface area contributed by atoms with E-state index in [0.717, 1.165) is 32.4 Å². The molecule has 1 fully saturated rings. The molecule has 0 saturated heterocycles. The number of thiazole rings is 1. The molecule has 1 aliphatic carbocycles. The van der Waals surface area contributed by atoms with Crippen molar-refractivity contribution in [2.45, 2.75) is 25.3 Å². The second-order valence-electron chi connectivity index (χ2n) is 6.02. The average Bonchev–Trinajstić information content (AvgIpc) is 3.09. The minimum atomic E-state index is -0.281. The SMILES string of the molecule is CN(C)c1nc2sc(C(=O)NC(C)(CN)C3CC3)cc2s1.Cl.Cl. The summed E-state index contributed by atoms with van der Waals surface area (Å²) in [4.78, 5) is 20.6. The van der Waals surface area contributed by atoms with Crippen LogP contribution in [0.25, 0.3) is 9.53 Å². The lowest BCUT2D eigenvalue weighted by atomic mass is 9.96. The van der Waals surface area contributed by atoms with Crippen LogP contribution in [-0.2, 0) is 0 Å². The van der Waals surface area contributed by atoms with E-state index in [1.165, 1.54) is 11.3 Å². The van der Waals surface area contributed by atoms with Crippen LogP contribution in [0.4, 0.5) is 5.13 Å². The first-order valence-corrected chi connectivity index (χ1v) is 8.66. The maximum absolute atomic E-state index is 12.4. The molecular weight excluding hydrogens is 375 g/mol. The predicted molar refractivity (Wildman–Crippen MR) is 104 cm³/mol. The largest absolute Gasteiger partial charge is 0.354 e. The minimum Gasteiger partial charge on any atom is -0.354 e. The number of carbonyl (C=O) groups is 1. The Kier molecular flexibility index (Phi) is 6.69. The zero-order valence-corrected chi connectivity index (χ0v) is 16.6. The van der Waals surface area contributed by atoms with Crippen molar-refractivity contribution in [1.82, 2.24) is 10.3 Å². The molecule has 1 atom stereocenters. The Hall–Kier alpha value is -0.600. The molecule has 5 nitrogen and oxygen atoms in total. The van der Waals surface area contributed by atoms with Crippen molar-refractivity contribution in [1.29, 1.82) is 0 Å². The standard InChI is InChI=1S/C14H20N4OS2.2ClH/c1-14(7-15,8-4-5-8)17-11(19)9-6-10-12(20-9)16-13(21-10)18(2)3;;/h6,8H,4-5,7,15H2,1-3H3,(H,17,19);2*1H. The van der Waals surface area contributed by atoms with Gasteiger partial charge in [-0.3, -0.25) is 4.79 Å². The van der Waals surface area contributed by atoms with Crippen LogP contribution in [0.1, 0.15) is 29.4 Å². The number of carbonyl (C=O) groups excluding carboxylic acids is 1. The van der Waals surface area contributed by atoms with Gasteiger partial charge in [-0.05, 0) is 31.7 Å². The lowest BCUT2D eigenvalue weighted by Gasteiger charge is -2.29. The number of aromatic nitrogens is 1. The number of nitrogens with one attached hydrogen (secondary N) is 1. The quantitative estimate of drug-likeness (QED) is 0.813. The molecule has 2 heterocycles. The summed E-state index contributed by atoms with van der Waals surface area (Å²) in [6.45, 7) is 2.52. The molecule has 130 valence electrons. The number of amides is 1. The molecule has 0 spiro atoms. The highest BCUT2D eigenvalue weighted by Crippen LogP contribution is 2.39. The normalized spacial score (nSPS) is 16.2. The summed E-state index contributed by atoms with van der Waals surface area (Å²) in [6, 6.07) is 1.93. The lowest BCUT2D eigenvalue weighted by molar-refractivity contribution is 0.0902. The van der Waals surface area contributed by atoms with Crippen molar-refractivity contribution in [3.63, 3.8) is 0 Å². The molecule has 0 bridgehead atoms. The highest BCUT2D eigenvalue weighted by Gasteiger charge is 2.41. The minimum absolute atomic E-state index is 0. The summed E-state index contributed by atoms with van der Waals surface area (Å²) in [7, 11) is 3.94. The Morgan fingerprint density at radius 1 is 1.43 bits per heavy atom. The van der Waals surface area contributed by atoms with E-state index in [2.05, 4.69) is 10.3 Å². The van der Waals surface area contributed by atoms with Gasteiger partial charge in [0.1, 0.15) is 4.83 Å². The highest BCUT2D eigenvalue weighted by molar-refractivity contribution is 7.29. The monoisotopic (exact) mass is 396 g/mol. The van der Waals surface area contributed by atoms with Gasteiger partial charge < -0.3 is 16.0 Å². The van der Waals surface area contributed by atoms with Gasteiger partial charge in [0.05, 0.1) is 15.1 Å². The van der Waals surface area contributed by atoms with E-state index in [4.69, 9.17) is 5.73 Å². The number of rotatable bonds is 5. The Bertz CT molecular complexity index is 652. The number of nitrogens with zero attached hydrogens (tertiary/aromatic N) is 2. The molecule has 3 rings (SSSR count). The fourth-order valence-corrected chi connectivity index (χ4v) is 4.42. The van der Waals surface area contributed by atoms with Crippen LogP contribution in [0.15, 0.2) is 6.07 Å². The molecule has 0 radical (unpaired) electrons. The van der Waals surface area contributed by atoms with Crippen LogP contribution >= 0.6 is 47.5 Å². The van der Waals surface area contributed by atoms with Gasteiger partial charge in [-0.25, -0.2) is 4.98 Å². The van der Waals surface area contributed by atoms with Crippen molar-refractivity contribution in [3.05, 3.63) is 10.9 Å². The van der Waals surface area contributed by atoms with Gasteiger partial charge in [-0.2, -0.15) is 0 Å². The van der Waals surface area contributed by atoms with Crippen molar-refractivity contribution in [2.75, 3.05) is 25.5 Å². The topological polar surface area (TPSA) is 71.2 Å². The van der Waals surface area contributed by atoms with Crippen LogP contribution in [0.2, 0.25) is 0 Å². The molecule has 23 heavy (non-hydrogen) atoms. The van der Waals surface area contributed by atoms with Gasteiger partial charge in [0, 0.05) is 20.6 Å². The summed E-state index contributed by atoms with van der Waals surface area (Å²) in [5, 5.41) is 4.09. The van der Waals surface area contributed by atoms with Crippen LogP contribution < -0.4 is 16.0 Å². The number of halogens is 2. The molecule has 2 aromatic rings. The third-order valence-electron chi connectivity index (χ3n) is 3.99. The summed E-state index contributed by atoms with van der Waals surface area (Å²) < 4.78 is 1.06. The molecule has 1 unspecified atom stereocenters. The molecule has 3 N–H and O–H groups in total. The van der Waals surface area contributed by atoms with Crippen molar-refractivity contribution < 1.29 is 4.79 Å². The van der Waals surface area contributed by atoms with E-state index >= 15 is 0 Å². The predicted octanol–water partition coefficient (Wildman–Crippen LogP) is 3.12. The van der Waals surface area contributed by atoms with E-state index in [-0.39, 0.29) is 36.3 Å². The first-order valence-electron chi connectivity index (χ1n) is 7.03. The second-order valence-corrected chi connectivity index (χ2v) is 8.06. The van der Waals surface area contributed by atoms with E-state index < -0.39 is 0 Å². The third kappa shape index (κ3) is 4.09. The van der Waals surface area contributed by atoms with Gasteiger partial charge in [0.2, 0.25) is 0 Å². The molecular formula is C14H22Cl2N4OS2. The van der Waals surface area contributed by atoms with E-state index in [9.17, 15) is 4.79 Å². The Balaban J connectivity index is 0.00000132. The lowest BCUT2D eigenvalue weighted by Crippen LogP contribution is -2.53. The second kappa shape index (κ2) is 7.53. The molecule has 0 aromatic carbocycles. The number of hydrogen-bond acceptors (Lipinski definition) is 6. The Morgan fingerprint density at radius 2 is 2.09 bits per heavy atom. The van der Waals surface area contributed by atoms with Gasteiger partial charge in [0.25, 0.3) is 5.91 Å². The van der Waals surface area contributed by atoms with Crippen LogP contribution in [-0.4, -0.2) is 37.1 Å². The van der Waals surface area contributed by atoms with Gasteiger partial charge in [0.15, 0.2) is 5.13 Å². The zero-order chi connectivity index (χ0) is 15.2. The van der Waals surface area contributed by atoms with Crippen LogP contribution in [0.3, 0.4) is 0 Å². The molecule has 1 saturated carbocycles. The number of hydrogen-bond donors (Lipinski definition) is 2. The summed E-state index contributed by atoms with van der Waals surface area (Å²) in [6.07, 6.45) is 2.31. The first-order chi connectivity index (χ1) is 9.93. The van der Waals surface area contributed by atoms with Gasteiger partial charge in [-0.15, -0.1) is 36.2 Å². The van der Waals surface area contributed by atoms with Crippen LogP contribution in [0.5, 0.6) is 0 Å². The molecule has 2 aromatic heterocycles. The smallest absolute Gasteiger partial charge is 0.261 e. The van der Waals surface area contributed by atoms with Gasteiger partial charge >= 0.3 is 0 Å². The molecule has 1 amide bonds.